The molecule has 25 heavy (non-hydrogen) atoms. The number of aryl methyl sites for hydroxylation is 1. The third-order valence-electron chi connectivity index (χ3n) is 4.38. The number of carbonyl (C=O) groups excluding carboxylic acids is 1. The summed E-state index contributed by atoms with van der Waals surface area (Å²) >= 11 is 3.51. The highest BCUT2D eigenvalue weighted by Crippen LogP contribution is 2.23. The van der Waals surface area contributed by atoms with Crippen molar-refractivity contribution in [2.24, 2.45) is 0 Å². The molecule has 0 saturated carbocycles. The number of hydrogen-bond acceptors (Lipinski definition) is 2. The van der Waals surface area contributed by atoms with Crippen LogP contribution >= 0.6 is 28.3 Å². The van der Waals surface area contributed by atoms with Crippen LogP contribution in [0.1, 0.15) is 28.2 Å². The highest BCUT2D eigenvalue weighted by Gasteiger charge is 2.17. The summed E-state index contributed by atoms with van der Waals surface area (Å²) in [4.78, 5) is 12.6. The molecule has 1 amide bonds. The van der Waals surface area contributed by atoms with Crippen LogP contribution in [-0.4, -0.2) is 30.1 Å². The zero-order valence-corrected chi connectivity index (χ0v) is 16.8. The third-order valence-corrected chi connectivity index (χ3v) is 4.87. The molecule has 1 aromatic carbocycles. The van der Waals surface area contributed by atoms with Crippen molar-refractivity contribution in [3.05, 3.63) is 63.4 Å². The summed E-state index contributed by atoms with van der Waals surface area (Å²) in [7, 11) is 0. The predicted octanol–water partition coefficient (Wildman–Crippen LogP) is 3.93. The van der Waals surface area contributed by atoms with Crippen LogP contribution in [-0.2, 0) is 0 Å². The molecule has 0 unspecified atom stereocenters. The predicted molar refractivity (Wildman–Crippen MR) is 108 cm³/mol. The van der Waals surface area contributed by atoms with Crippen molar-refractivity contribution in [3.63, 3.8) is 0 Å². The Kier molecular flexibility index (Phi) is 6.87. The van der Waals surface area contributed by atoms with Gasteiger partial charge in [0.2, 0.25) is 0 Å². The van der Waals surface area contributed by atoms with Gasteiger partial charge in [0.05, 0.1) is 5.56 Å². The van der Waals surface area contributed by atoms with Gasteiger partial charge in [-0.2, -0.15) is 0 Å². The third kappa shape index (κ3) is 4.54. The molecule has 0 radical (unpaired) electrons. The standard InChI is InChI=1S/C19H22BrN3O.ClH/c1-13-10-18(19(24)22-12-15-6-8-21-9-7-15)14(2)23(13)17-5-3-4-16(20)11-17;/h3-6,10-11,21H,7-9,12H2,1-2H3,(H,22,24);1H. The molecule has 2 aromatic rings. The second-order valence-corrected chi connectivity index (χ2v) is 7.01. The first-order chi connectivity index (χ1) is 11.6. The van der Waals surface area contributed by atoms with Crippen LogP contribution in [0.2, 0.25) is 0 Å². The van der Waals surface area contributed by atoms with Crippen molar-refractivity contribution in [1.29, 1.82) is 0 Å². The smallest absolute Gasteiger partial charge is 0.253 e. The van der Waals surface area contributed by atoms with Gasteiger partial charge in [-0.1, -0.05) is 33.6 Å². The number of hydrogen-bond donors (Lipinski definition) is 2. The molecule has 0 bridgehead atoms. The Bertz CT molecular complexity index is 798. The summed E-state index contributed by atoms with van der Waals surface area (Å²) in [5.74, 6) is -0.0104. The zero-order valence-electron chi connectivity index (χ0n) is 14.4. The fourth-order valence-electron chi connectivity index (χ4n) is 3.12. The van der Waals surface area contributed by atoms with Gasteiger partial charge in [0, 0.05) is 34.6 Å². The molecule has 0 saturated heterocycles. The van der Waals surface area contributed by atoms with Gasteiger partial charge in [0.1, 0.15) is 0 Å². The molecular formula is C19H23BrClN3O. The van der Waals surface area contributed by atoms with Crippen molar-refractivity contribution in [2.45, 2.75) is 20.3 Å². The van der Waals surface area contributed by atoms with Gasteiger partial charge in [0.15, 0.2) is 0 Å². The summed E-state index contributed by atoms with van der Waals surface area (Å²) in [6.07, 6.45) is 3.16. The first-order valence-electron chi connectivity index (χ1n) is 8.18. The molecule has 0 aliphatic carbocycles. The second-order valence-electron chi connectivity index (χ2n) is 6.10. The van der Waals surface area contributed by atoms with Crippen LogP contribution in [0.4, 0.5) is 0 Å². The van der Waals surface area contributed by atoms with E-state index in [0.29, 0.717) is 6.54 Å². The van der Waals surface area contributed by atoms with E-state index in [-0.39, 0.29) is 18.3 Å². The molecule has 134 valence electrons. The summed E-state index contributed by atoms with van der Waals surface area (Å²) < 4.78 is 3.14. The van der Waals surface area contributed by atoms with Crippen LogP contribution in [0, 0.1) is 13.8 Å². The SMILES string of the molecule is Cc1cc(C(=O)NCC2=CCNCC2)c(C)n1-c1cccc(Br)c1.Cl. The summed E-state index contributed by atoms with van der Waals surface area (Å²) in [6, 6.07) is 10.1. The van der Waals surface area contributed by atoms with E-state index in [2.05, 4.69) is 43.3 Å². The molecule has 1 aromatic heterocycles. The molecule has 6 heteroatoms. The van der Waals surface area contributed by atoms with Gasteiger partial charge in [-0.3, -0.25) is 4.79 Å². The lowest BCUT2D eigenvalue weighted by molar-refractivity contribution is 0.0956. The van der Waals surface area contributed by atoms with Gasteiger partial charge in [0.25, 0.3) is 5.91 Å². The fourth-order valence-corrected chi connectivity index (χ4v) is 3.51. The van der Waals surface area contributed by atoms with E-state index < -0.39 is 0 Å². The molecule has 0 spiro atoms. The second kappa shape index (κ2) is 8.70. The Balaban J connectivity index is 0.00000225. The van der Waals surface area contributed by atoms with Crippen LogP contribution in [0.3, 0.4) is 0 Å². The average molecular weight is 425 g/mol. The van der Waals surface area contributed by atoms with E-state index in [1.165, 1.54) is 5.57 Å². The minimum atomic E-state index is -0.0104. The maximum atomic E-state index is 12.6. The normalized spacial score (nSPS) is 13.8. The molecule has 0 fully saturated rings. The van der Waals surface area contributed by atoms with Crippen molar-refractivity contribution in [1.82, 2.24) is 15.2 Å². The van der Waals surface area contributed by atoms with Gasteiger partial charge < -0.3 is 15.2 Å². The zero-order chi connectivity index (χ0) is 17.1. The van der Waals surface area contributed by atoms with E-state index in [4.69, 9.17) is 0 Å². The number of nitrogens with zero attached hydrogens (tertiary/aromatic N) is 1. The Morgan fingerprint density at radius 2 is 2.12 bits per heavy atom. The van der Waals surface area contributed by atoms with E-state index in [1.54, 1.807) is 0 Å². The van der Waals surface area contributed by atoms with E-state index >= 15 is 0 Å². The Morgan fingerprint density at radius 1 is 1.32 bits per heavy atom. The number of benzene rings is 1. The topological polar surface area (TPSA) is 46.1 Å². The Morgan fingerprint density at radius 3 is 2.80 bits per heavy atom. The number of aromatic nitrogens is 1. The van der Waals surface area contributed by atoms with Crippen molar-refractivity contribution in [3.8, 4) is 5.69 Å². The molecule has 0 atom stereocenters. The number of halogens is 2. The van der Waals surface area contributed by atoms with Gasteiger partial charge in [-0.15, -0.1) is 12.4 Å². The van der Waals surface area contributed by atoms with E-state index in [1.807, 2.05) is 38.1 Å². The van der Waals surface area contributed by atoms with Crippen LogP contribution in [0.25, 0.3) is 5.69 Å². The first-order valence-corrected chi connectivity index (χ1v) is 8.97. The highest BCUT2D eigenvalue weighted by atomic mass is 79.9. The molecule has 2 N–H and O–H groups in total. The molecule has 3 rings (SSSR count). The molecule has 4 nitrogen and oxygen atoms in total. The summed E-state index contributed by atoms with van der Waals surface area (Å²) in [5.41, 5.74) is 5.10. The Hall–Kier alpha value is -1.56. The molecular weight excluding hydrogens is 402 g/mol. The molecule has 1 aliphatic rings. The largest absolute Gasteiger partial charge is 0.348 e. The fraction of sp³-hybridized carbons (Fsp3) is 0.316. The monoisotopic (exact) mass is 423 g/mol. The van der Waals surface area contributed by atoms with Crippen LogP contribution in [0.15, 0.2) is 46.5 Å². The lowest BCUT2D eigenvalue weighted by Gasteiger charge is -2.14. The number of rotatable bonds is 4. The molecule has 1 aliphatic heterocycles. The average Bonchev–Trinajstić information content (AvgIpc) is 2.88. The van der Waals surface area contributed by atoms with Crippen molar-refractivity contribution in [2.75, 3.05) is 19.6 Å². The quantitative estimate of drug-likeness (QED) is 0.731. The lowest BCUT2D eigenvalue weighted by Crippen LogP contribution is -2.29. The first kappa shape index (κ1) is 19.8. The van der Waals surface area contributed by atoms with Crippen LogP contribution < -0.4 is 10.6 Å². The van der Waals surface area contributed by atoms with Crippen molar-refractivity contribution >= 4 is 34.2 Å². The van der Waals surface area contributed by atoms with E-state index in [0.717, 1.165) is 46.6 Å². The minimum absolute atomic E-state index is 0. The van der Waals surface area contributed by atoms with Gasteiger partial charge >= 0.3 is 0 Å². The number of nitrogens with one attached hydrogen (secondary N) is 2. The lowest BCUT2D eigenvalue weighted by atomic mass is 10.1. The maximum Gasteiger partial charge on any atom is 0.253 e. The van der Waals surface area contributed by atoms with Gasteiger partial charge in [-0.05, 0) is 51.1 Å². The summed E-state index contributed by atoms with van der Waals surface area (Å²) in [5, 5.41) is 6.34. The number of carbonyl (C=O) groups is 1. The van der Waals surface area contributed by atoms with Crippen molar-refractivity contribution < 1.29 is 4.79 Å². The Labute approximate surface area is 163 Å². The van der Waals surface area contributed by atoms with E-state index in [9.17, 15) is 4.79 Å². The highest BCUT2D eigenvalue weighted by molar-refractivity contribution is 9.10. The summed E-state index contributed by atoms with van der Waals surface area (Å²) in [6.45, 7) is 6.52. The maximum absolute atomic E-state index is 12.6. The minimum Gasteiger partial charge on any atom is -0.348 e. The van der Waals surface area contributed by atoms with Crippen LogP contribution in [0.5, 0.6) is 0 Å². The molecule has 2 heterocycles. The van der Waals surface area contributed by atoms with Gasteiger partial charge in [-0.25, -0.2) is 0 Å². The number of amides is 1.